The minimum Gasteiger partial charge on any atom is -0.276 e. The largest absolute Gasteiger partial charge is 0.276 e. The first-order valence-corrected chi connectivity index (χ1v) is 11.8. The molecule has 0 spiro atoms. The van der Waals surface area contributed by atoms with E-state index in [1.165, 1.54) is 92.4 Å². The van der Waals surface area contributed by atoms with Gasteiger partial charge in [-0.2, -0.15) is 0 Å². The van der Waals surface area contributed by atoms with E-state index >= 15 is 0 Å². The van der Waals surface area contributed by atoms with E-state index in [0.717, 1.165) is 4.48 Å². The van der Waals surface area contributed by atoms with E-state index < -0.39 is 0 Å². The molecule has 0 aliphatic heterocycles. The monoisotopic (exact) mass is 390 g/mol. The predicted octanol–water partition coefficient (Wildman–Crippen LogP) is 7.47. The Kier molecular flexibility index (Phi) is 6.29. The summed E-state index contributed by atoms with van der Waals surface area (Å²) in [5.74, 6) is 0. The number of hydrogen-bond donors (Lipinski definition) is 0. The van der Waals surface area contributed by atoms with Gasteiger partial charge in [0.2, 0.25) is 0 Å². The molecule has 0 N–H and O–H groups in total. The SMILES string of the molecule is Cc1cccc([N+](C)(c2c(C)cccc2[N]C2CCCCC2)C2CCCCC2)c1. The van der Waals surface area contributed by atoms with Gasteiger partial charge in [0.15, 0.2) is 5.69 Å². The van der Waals surface area contributed by atoms with Crippen LogP contribution in [0, 0.1) is 13.8 Å². The second kappa shape index (κ2) is 8.92. The van der Waals surface area contributed by atoms with Gasteiger partial charge in [-0.25, -0.2) is 0 Å². The maximum absolute atomic E-state index is 5.37. The zero-order chi connectivity index (χ0) is 20.3. The summed E-state index contributed by atoms with van der Waals surface area (Å²) in [6.45, 7) is 4.52. The third kappa shape index (κ3) is 4.23. The summed E-state index contributed by atoms with van der Waals surface area (Å²) in [5, 5.41) is 5.37. The number of aryl methyl sites for hydroxylation is 2. The van der Waals surface area contributed by atoms with E-state index in [4.69, 9.17) is 5.32 Å². The maximum Gasteiger partial charge on any atom is 0.166 e. The Bertz CT molecular complexity index is 815. The average Bonchev–Trinajstić information content (AvgIpc) is 2.75. The molecule has 2 aliphatic rings. The third-order valence-corrected chi connectivity index (χ3v) is 7.42. The lowest BCUT2D eigenvalue weighted by Gasteiger charge is -2.44. The van der Waals surface area contributed by atoms with E-state index in [2.05, 4.69) is 63.4 Å². The molecular weight excluding hydrogens is 352 g/mol. The summed E-state index contributed by atoms with van der Waals surface area (Å²) >= 11 is 0. The average molecular weight is 391 g/mol. The first-order chi connectivity index (χ1) is 14.1. The lowest BCUT2D eigenvalue weighted by molar-refractivity contribution is 0.259. The van der Waals surface area contributed by atoms with Crippen LogP contribution in [0.5, 0.6) is 0 Å². The molecule has 2 aliphatic carbocycles. The second-order valence-corrected chi connectivity index (χ2v) is 9.57. The summed E-state index contributed by atoms with van der Waals surface area (Å²) in [6.07, 6.45) is 13.3. The molecular formula is C27H38N2+. The van der Waals surface area contributed by atoms with Gasteiger partial charge >= 0.3 is 0 Å². The molecule has 4 rings (SSSR count). The Labute approximate surface area is 177 Å². The van der Waals surface area contributed by atoms with Crippen LogP contribution in [-0.2, 0) is 0 Å². The highest BCUT2D eigenvalue weighted by atomic mass is 15.4. The Morgan fingerprint density at radius 2 is 1.45 bits per heavy atom. The van der Waals surface area contributed by atoms with Crippen LogP contribution in [0.4, 0.5) is 17.1 Å². The number of rotatable bonds is 5. The molecule has 1 atom stereocenters. The molecule has 0 heterocycles. The van der Waals surface area contributed by atoms with E-state index in [1.807, 2.05) is 0 Å². The fourth-order valence-electron chi connectivity index (χ4n) is 5.80. The molecule has 0 bridgehead atoms. The quantitative estimate of drug-likeness (QED) is 0.470. The predicted molar refractivity (Wildman–Crippen MR) is 125 cm³/mol. The van der Waals surface area contributed by atoms with Crippen molar-refractivity contribution in [2.24, 2.45) is 0 Å². The molecule has 2 aromatic carbocycles. The number of hydrogen-bond acceptors (Lipinski definition) is 0. The van der Waals surface area contributed by atoms with Crippen molar-refractivity contribution in [3.8, 4) is 0 Å². The molecule has 2 fully saturated rings. The summed E-state index contributed by atoms with van der Waals surface area (Å²) in [5.41, 5.74) is 6.84. The van der Waals surface area contributed by atoms with Crippen LogP contribution >= 0.6 is 0 Å². The van der Waals surface area contributed by atoms with Crippen LogP contribution < -0.4 is 9.80 Å². The van der Waals surface area contributed by atoms with E-state index in [0.29, 0.717) is 12.1 Å². The molecule has 1 unspecified atom stereocenters. The van der Waals surface area contributed by atoms with Crippen LogP contribution in [0.3, 0.4) is 0 Å². The first kappa shape index (κ1) is 20.5. The smallest absolute Gasteiger partial charge is 0.166 e. The Hall–Kier alpha value is -1.80. The number of para-hydroxylation sites is 1. The topological polar surface area (TPSA) is 14.1 Å². The summed E-state index contributed by atoms with van der Waals surface area (Å²) in [6, 6.07) is 17.1. The van der Waals surface area contributed by atoms with E-state index in [1.54, 1.807) is 0 Å². The second-order valence-electron chi connectivity index (χ2n) is 9.57. The Balaban J connectivity index is 1.82. The van der Waals surface area contributed by atoms with Gasteiger partial charge in [-0.05, 0) is 57.2 Å². The minimum absolute atomic E-state index is 0.501. The van der Waals surface area contributed by atoms with E-state index in [-0.39, 0.29) is 0 Å². The van der Waals surface area contributed by atoms with Crippen molar-refractivity contribution in [3.05, 3.63) is 53.6 Å². The van der Waals surface area contributed by atoms with Gasteiger partial charge < -0.3 is 0 Å². The molecule has 29 heavy (non-hydrogen) atoms. The highest BCUT2D eigenvalue weighted by Crippen LogP contribution is 2.46. The minimum atomic E-state index is 0.501. The molecule has 0 saturated heterocycles. The van der Waals surface area contributed by atoms with Crippen LogP contribution in [0.25, 0.3) is 0 Å². The van der Waals surface area contributed by atoms with Crippen LogP contribution in [-0.4, -0.2) is 19.1 Å². The zero-order valence-corrected chi connectivity index (χ0v) is 18.7. The molecule has 0 amide bonds. The van der Waals surface area contributed by atoms with Crippen molar-refractivity contribution in [1.82, 2.24) is 9.80 Å². The van der Waals surface area contributed by atoms with Gasteiger partial charge in [0.25, 0.3) is 0 Å². The zero-order valence-electron chi connectivity index (χ0n) is 18.7. The molecule has 2 saturated carbocycles. The number of benzene rings is 2. The summed E-state index contributed by atoms with van der Waals surface area (Å²) in [4.78, 5) is 0. The summed E-state index contributed by atoms with van der Waals surface area (Å²) in [7, 11) is 2.47. The lowest BCUT2D eigenvalue weighted by Crippen LogP contribution is -2.51. The van der Waals surface area contributed by atoms with Crippen LogP contribution in [0.15, 0.2) is 42.5 Å². The number of quaternary nitrogens is 1. The summed E-state index contributed by atoms with van der Waals surface area (Å²) < 4.78 is 0.903. The standard InChI is InChI=1S/C27H38N2/c1-21-12-10-18-25(20-21)29(3,24-16-8-5-9-17-24)27-22(2)13-11-19-26(27)28-23-14-6-4-7-15-23/h10-13,18-20,23-24H,4-9,14-17H2,1-3H3/q+1. The van der Waals surface area contributed by atoms with Crippen molar-refractivity contribution in [3.63, 3.8) is 0 Å². The van der Waals surface area contributed by atoms with Crippen molar-refractivity contribution in [2.75, 3.05) is 7.05 Å². The van der Waals surface area contributed by atoms with Gasteiger partial charge in [0, 0.05) is 24.5 Å². The van der Waals surface area contributed by atoms with Crippen LogP contribution in [0.1, 0.15) is 75.3 Å². The molecule has 155 valence electrons. The van der Waals surface area contributed by atoms with Crippen molar-refractivity contribution < 1.29 is 0 Å². The van der Waals surface area contributed by atoms with E-state index in [9.17, 15) is 0 Å². The lowest BCUT2D eigenvalue weighted by atomic mass is 9.90. The molecule has 0 aromatic heterocycles. The van der Waals surface area contributed by atoms with Gasteiger partial charge in [0.1, 0.15) is 11.4 Å². The Morgan fingerprint density at radius 1 is 0.793 bits per heavy atom. The normalized spacial score (nSPS) is 20.9. The molecule has 1 radical (unpaired) electrons. The van der Waals surface area contributed by atoms with Crippen LogP contribution in [0.2, 0.25) is 0 Å². The van der Waals surface area contributed by atoms with Gasteiger partial charge in [0.05, 0.1) is 19.1 Å². The molecule has 2 aromatic rings. The van der Waals surface area contributed by atoms with Crippen molar-refractivity contribution in [1.29, 1.82) is 0 Å². The van der Waals surface area contributed by atoms with Crippen molar-refractivity contribution in [2.45, 2.75) is 90.1 Å². The fraction of sp³-hybridized carbons (Fsp3) is 0.556. The molecule has 2 nitrogen and oxygen atoms in total. The maximum atomic E-state index is 5.37. The van der Waals surface area contributed by atoms with Gasteiger partial charge in [-0.1, -0.05) is 49.9 Å². The Morgan fingerprint density at radius 3 is 2.14 bits per heavy atom. The van der Waals surface area contributed by atoms with Gasteiger partial charge in [-0.15, -0.1) is 0 Å². The number of nitrogens with zero attached hydrogens (tertiary/aromatic N) is 2. The third-order valence-electron chi connectivity index (χ3n) is 7.42. The fourth-order valence-corrected chi connectivity index (χ4v) is 5.80. The molecule has 2 heteroatoms. The highest BCUT2D eigenvalue weighted by Gasteiger charge is 2.41. The van der Waals surface area contributed by atoms with Gasteiger partial charge in [-0.3, -0.25) is 9.80 Å². The van der Waals surface area contributed by atoms with Crippen molar-refractivity contribution >= 4 is 17.1 Å². The first-order valence-electron chi connectivity index (χ1n) is 11.8. The highest BCUT2D eigenvalue weighted by molar-refractivity contribution is 5.74.